The quantitative estimate of drug-likeness (QED) is 0.115. The van der Waals surface area contributed by atoms with Crippen molar-refractivity contribution in [3.63, 3.8) is 0 Å². The van der Waals surface area contributed by atoms with E-state index in [2.05, 4.69) is 72.8 Å². The minimum Gasteiger partial charge on any atom is -0.494 e. The van der Waals surface area contributed by atoms with E-state index in [0.29, 0.717) is 25.7 Å². The Morgan fingerprint density at radius 2 is 1.17 bits per heavy atom. The lowest BCUT2D eigenvalue weighted by atomic mass is 9.88. The lowest BCUT2D eigenvalue weighted by Gasteiger charge is -2.17. The number of allylic oxidation sites excluding steroid dienone is 1. The Hall–Kier alpha value is -3.33. The van der Waals surface area contributed by atoms with Crippen LogP contribution in [0.3, 0.4) is 0 Å². The van der Waals surface area contributed by atoms with Gasteiger partial charge < -0.3 is 9.47 Å². The van der Waals surface area contributed by atoms with Gasteiger partial charge in [-0.1, -0.05) is 103 Å². The number of rotatable bonds is 12. The number of alkyl halides is 1. The van der Waals surface area contributed by atoms with Crippen LogP contribution in [0.2, 0.25) is 0 Å². The standard InChI is InChI=1S/C32H31ClO2/c33-22-21-31(27-13-6-2-7-14-27)32(28-15-8-3-9-16-28)29-17-19-30(20-18-29)35-24-10-23-34-25-26-11-4-1-5-12-26/h1-9,11-20H,10,21-25H2/b32-31-. The molecule has 0 aromatic heterocycles. The van der Waals surface area contributed by atoms with Gasteiger partial charge in [-0.3, -0.25) is 0 Å². The number of hydrogen-bond acceptors (Lipinski definition) is 2. The second kappa shape index (κ2) is 13.5. The summed E-state index contributed by atoms with van der Waals surface area (Å²) in [6.45, 7) is 1.93. The molecule has 0 aliphatic carbocycles. The molecule has 0 saturated carbocycles. The molecule has 0 radical (unpaired) electrons. The predicted molar refractivity (Wildman–Crippen MR) is 147 cm³/mol. The molecule has 0 bridgehead atoms. The van der Waals surface area contributed by atoms with Gasteiger partial charge in [0.1, 0.15) is 5.75 Å². The molecule has 0 amide bonds. The number of benzene rings is 4. The Morgan fingerprint density at radius 3 is 1.80 bits per heavy atom. The Labute approximate surface area is 213 Å². The Balaban J connectivity index is 1.44. The highest BCUT2D eigenvalue weighted by Gasteiger charge is 2.14. The largest absolute Gasteiger partial charge is 0.494 e. The van der Waals surface area contributed by atoms with Gasteiger partial charge in [0.05, 0.1) is 19.8 Å². The predicted octanol–water partition coefficient (Wildman–Crippen LogP) is 8.26. The minimum absolute atomic E-state index is 0.564. The molecule has 0 aliphatic rings. The van der Waals surface area contributed by atoms with Crippen LogP contribution >= 0.6 is 11.6 Å². The molecule has 4 aromatic rings. The zero-order valence-corrected chi connectivity index (χ0v) is 20.7. The monoisotopic (exact) mass is 482 g/mol. The molecule has 0 unspecified atom stereocenters. The minimum atomic E-state index is 0.564. The molecular weight excluding hydrogens is 452 g/mol. The summed E-state index contributed by atoms with van der Waals surface area (Å²) in [5, 5.41) is 0. The highest BCUT2D eigenvalue weighted by atomic mass is 35.5. The maximum atomic E-state index is 6.25. The van der Waals surface area contributed by atoms with Crippen LogP contribution in [0.4, 0.5) is 0 Å². The topological polar surface area (TPSA) is 18.5 Å². The smallest absolute Gasteiger partial charge is 0.119 e. The van der Waals surface area contributed by atoms with Crippen molar-refractivity contribution in [3.8, 4) is 5.75 Å². The van der Waals surface area contributed by atoms with Crippen molar-refractivity contribution < 1.29 is 9.47 Å². The summed E-state index contributed by atoms with van der Waals surface area (Å²) < 4.78 is 11.7. The second-order valence-corrected chi connectivity index (χ2v) is 8.67. The van der Waals surface area contributed by atoms with Gasteiger partial charge in [0.25, 0.3) is 0 Å². The summed E-state index contributed by atoms with van der Waals surface area (Å²) in [5.74, 6) is 1.43. The molecule has 0 saturated heterocycles. The Bertz CT molecular complexity index is 1170. The average molecular weight is 483 g/mol. The van der Waals surface area contributed by atoms with Crippen molar-refractivity contribution in [1.82, 2.24) is 0 Å². The van der Waals surface area contributed by atoms with E-state index in [1.807, 2.05) is 42.5 Å². The van der Waals surface area contributed by atoms with E-state index in [0.717, 1.165) is 24.2 Å². The van der Waals surface area contributed by atoms with Gasteiger partial charge in [-0.05, 0) is 52.0 Å². The van der Waals surface area contributed by atoms with Gasteiger partial charge in [0.2, 0.25) is 0 Å². The third-order valence-corrected chi connectivity index (χ3v) is 5.98. The van der Waals surface area contributed by atoms with Crippen molar-refractivity contribution in [2.75, 3.05) is 19.1 Å². The summed E-state index contributed by atoms with van der Waals surface area (Å²) >= 11 is 6.25. The number of halogens is 1. The van der Waals surface area contributed by atoms with Crippen molar-refractivity contribution in [2.45, 2.75) is 19.4 Å². The molecule has 2 nitrogen and oxygen atoms in total. The fourth-order valence-corrected chi connectivity index (χ4v) is 4.29. The van der Waals surface area contributed by atoms with Crippen LogP contribution in [0.5, 0.6) is 5.75 Å². The number of hydrogen-bond donors (Lipinski definition) is 0. The van der Waals surface area contributed by atoms with Crippen LogP contribution in [0.15, 0.2) is 115 Å². The third kappa shape index (κ3) is 7.32. The zero-order chi connectivity index (χ0) is 24.1. The maximum Gasteiger partial charge on any atom is 0.119 e. The van der Waals surface area contributed by atoms with E-state index in [1.54, 1.807) is 0 Å². The zero-order valence-electron chi connectivity index (χ0n) is 19.9. The van der Waals surface area contributed by atoms with E-state index >= 15 is 0 Å². The van der Waals surface area contributed by atoms with Crippen LogP contribution < -0.4 is 4.74 Å². The number of ether oxygens (including phenoxy) is 2. The summed E-state index contributed by atoms with van der Waals surface area (Å²) in [7, 11) is 0. The summed E-state index contributed by atoms with van der Waals surface area (Å²) in [6.07, 6.45) is 1.63. The molecular formula is C32H31ClO2. The molecule has 0 heterocycles. The average Bonchev–Trinajstić information content (AvgIpc) is 2.93. The fraction of sp³-hybridized carbons (Fsp3) is 0.188. The molecule has 35 heavy (non-hydrogen) atoms. The van der Waals surface area contributed by atoms with Gasteiger partial charge >= 0.3 is 0 Å². The Kier molecular flexibility index (Phi) is 9.58. The summed E-state index contributed by atoms with van der Waals surface area (Å²) in [4.78, 5) is 0. The highest BCUT2D eigenvalue weighted by Crippen LogP contribution is 2.35. The first-order valence-electron chi connectivity index (χ1n) is 12.1. The maximum absolute atomic E-state index is 6.25. The van der Waals surface area contributed by atoms with Gasteiger partial charge in [0, 0.05) is 12.3 Å². The van der Waals surface area contributed by atoms with E-state index in [1.165, 1.54) is 27.8 Å². The molecule has 4 aromatic carbocycles. The normalized spacial score (nSPS) is 11.7. The summed E-state index contributed by atoms with van der Waals surface area (Å²) in [5.41, 5.74) is 7.17. The van der Waals surface area contributed by atoms with Crippen LogP contribution in [0.1, 0.15) is 35.1 Å². The van der Waals surface area contributed by atoms with Crippen LogP contribution in [0, 0.1) is 0 Å². The first-order chi connectivity index (χ1) is 17.3. The van der Waals surface area contributed by atoms with Gasteiger partial charge in [-0.2, -0.15) is 0 Å². The molecule has 0 fully saturated rings. The first kappa shape index (κ1) is 24.8. The van der Waals surface area contributed by atoms with Gasteiger partial charge in [-0.25, -0.2) is 0 Å². The highest BCUT2D eigenvalue weighted by molar-refractivity contribution is 6.18. The van der Waals surface area contributed by atoms with Crippen LogP contribution in [-0.2, 0) is 11.3 Å². The van der Waals surface area contributed by atoms with Crippen molar-refractivity contribution in [2.24, 2.45) is 0 Å². The Morgan fingerprint density at radius 1 is 0.600 bits per heavy atom. The van der Waals surface area contributed by atoms with E-state index in [9.17, 15) is 0 Å². The van der Waals surface area contributed by atoms with Gasteiger partial charge in [-0.15, -0.1) is 11.6 Å². The second-order valence-electron chi connectivity index (χ2n) is 8.29. The molecule has 0 N–H and O–H groups in total. The molecule has 0 aliphatic heterocycles. The van der Waals surface area contributed by atoms with Crippen LogP contribution in [-0.4, -0.2) is 19.1 Å². The molecule has 4 rings (SSSR count). The van der Waals surface area contributed by atoms with Crippen molar-refractivity contribution in [1.29, 1.82) is 0 Å². The van der Waals surface area contributed by atoms with Crippen LogP contribution in [0.25, 0.3) is 11.1 Å². The van der Waals surface area contributed by atoms with E-state index < -0.39 is 0 Å². The molecule has 0 atom stereocenters. The van der Waals surface area contributed by atoms with E-state index in [-0.39, 0.29) is 0 Å². The van der Waals surface area contributed by atoms with E-state index in [4.69, 9.17) is 21.1 Å². The summed E-state index contributed by atoms with van der Waals surface area (Å²) in [6, 6.07) is 39.6. The molecule has 178 valence electrons. The molecule has 0 spiro atoms. The third-order valence-electron chi connectivity index (χ3n) is 5.79. The lowest BCUT2D eigenvalue weighted by Crippen LogP contribution is -2.03. The van der Waals surface area contributed by atoms with Crippen molar-refractivity contribution >= 4 is 22.7 Å². The fourth-order valence-electron chi connectivity index (χ4n) is 4.10. The lowest BCUT2D eigenvalue weighted by molar-refractivity contribution is 0.107. The SMILES string of the molecule is ClCC/C(=C(\c1ccccc1)c1ccc(OCCCOCc2ccccc2)cc1)c1ccccc1. The molecule has 3 heteroatoms. The first-order valence-corrected chi connectivity index (χ1v) is 12.6. The van der Waals surface area contributed by atoms with Gasteiger partial charge in [0.15, 0.2) is 0 Å². The van der Waals surface area contributed by atoms with Crippen molar-refractivity contribution in [3.05, 3.63) is 138 Å².